The normalized spacial score (nSPS) is 10.7. The number of amides is 1. The molecule has 1 aromatic carbocycles. The summed E-state index contributed by atoms with van der Waals surface area (Å²) in [6.45, 7) is 0. The van der Waals surface area contributed by atoms with Gasteiger partial charge in [0.15, 0.2) is 5.88 Å². The summed E-state index contributed by atoms with van der Waals surface area (Å²) in [6, 6.07) is 10.9. The summed E-state index contributed by atoms with van der Waals surface area (Å²) in [5.74, 6) is 1.87. The maximum Gasteiger partial charge on any atom is 0.244 e. The number of carbonyl (C=O) groups is 1. The van der Waals surface area contributed by atoms with E-state index < -0.39 is 0 Å². The van der Waals surface area contributed by atoms with Crippen LogP contribution in [0.15, 0.2) is 45.9 Å². The van der Waals surface area contributed by atoms with E-state index in [1.165, 1.54) is 6.21 Å². The molecule has 0 saturated heterocycles. The number of nitrogens with one attached hydrogen (secondary N) is 1. The molecule has 1 heterocycles. The minimum absolute atomic E-state index is 0.194. The molecule has 0 saturated carbocycles. The van der Waals surface area contributed by atoms with Crippen molar-refractivity contribution in [3.63, 3.8) is 0 Å². The molecule has 0 atom stereocenters. The smallest absolute Gasteiger partial charge is 0.244 e. The average Bonchev–Trinajstić information content (AvgIpc) is 2.97. The van der Waals surface area contributed by atoms with Gasteiger partial charge in [-0.25, -0.2) is 5.43 Å². The summed E-state index contributed by atoms with van der Waals surface area (Å²) >= 11 is 0. The van der Waals surface area contributed by atoms with Crippen molar-refractivity contribution >= 4 is 18.0 Å². The molecule has 0 aliphatic heterocycles. The molecule has 6 heteroatoms. The van der Waals surface area contributed by atoms with Gasteiger partial charge < -0.3 is 14.1 Å². The molecule has 0 fully saturated rings. The van der Waals surface area contributed by atoms with E-state index in [1.54, 1.807) is 13.2 Å². The summed E-state index contributed by atoms with van der Waals surface area (Å²) in [5, 5.41) is 3.88. The lowest BCUT2D eigenvalue weighted by molar-refractivity contribution is -0.120. The van der Waals surface area contributed by atoms with E-state index in [0.29, 0.717) is 5.76 Å². The maximum atomic E-state index is 11.8. The second kappa shape index (κ2) is 7.31. The van der Waals surface area contributed by atoms with Crippen LogP contribution in [0.3, 0.4) is 0 Å². The molecular formula is C16H19N3O3. The standard InChI is InChI=1S/C16H19N3O3/c1-19(2)16-9-8-14(22-16)11-17-18-15(20)10-12-4-6-13(21-3)7-5-12/h4-9,11H,10H2,1-3H3,(H,18,20)/b17-11-. The molecule has 2 aromatic rings. The van der Waals surface area contributed by atoms with E-state index in [2.05, 4.69) is 10.5 Å². The Morgan fingerprint density at radius 3 is 2.59 bits per heavy atom. The monoisotopic (exact) mass is 301 g/mol. The van der Waals surface area contributed by atoms with Crippen molar-refractivity contribution in [2.24, 2.45) is 5.10 Å². The molecular weight excluding hydrogens is 282 g/mol. The highest BCUT2D eigenvalue weighted by Crippen LogP contribution is 2.14. The third kappa shape index (κ3) is 4.37. The highest BCUT2D eigenvalue weighted by Gasteiger charge is 2.03. The van der Waals surface area contributed by atoms with Gasteiger partial charge >= 0.3 is 0 Å². The van der Waals surface area contributed by atoms with Crippen LogP contribution in [0.1, 0.15) is 11.3 Å². The lowest BCUT2D eigenvalue weighted by Gasteiger charge is -2.05. The number of hydrazone groups is 1. The van der Waals surface area contributed by atoms with Crippen molar-refractivity contribution in [3.8, 4) is 5.75 Å². The van der Waals surface area contributed by atoms with E-state index >= 15 is 0 Å². The van der Waals surface area contributed by atoms with E-state index in [9.17, 15) is 4.79 Å². The fourth-order valence-electron chi connectivity index (χ4n) is 1.79. The van der Waals surface area contributed by atoms with Gasteiger partial charge in [0.1, 0.15) is 11.5 Å². The van der Waals surface area contributed by atoms with Crippen molar-refractivity contribution in [2.75, 3.05) is 26.1 Å². The molecule has 0 aliphatic carbocycles. The SMILES string of the molecule is COc1ccc(CC(=O)N/N=C\c2ccc(N(C)C)o2)cc1. The van der Waals surface area contributed by atoms with Gasteiger partial charge in [-0.05, 0) is 23.8 Å². The average molecular weight is 301 g/mol. The zero-order valence-corrected chi connectivity index (χ0v) is 12.9. The number of carbonyl (C=O) groups excluding carboxylic acids is 1. The molecule has 6 nitrogen and oxygen atoms in total. The Balaban J connectivity index is 1.84. The van der Waals surface area contributed by atoms with Gasteiger partial charge in [0.05, 0.1) is 19.7 Å². The van der Waals surface area contributed by atoms with Crippen molar-refractivity contribution in [3.05, 3.63) is 47.7 Å². The van der Waals surface area contributed by atoms with Crippen LogP contribution in [-0.4, -0.2) is 33.3 Å². The van der Waals surface area contributed by atoms with E-state index in [4.69, 9.17) is 9.15 Å². The number of furan rings is 1. The number of hydrogen-bond acceptors (Lipinski definition) is 5. The molecule has 0 spiro atoms. The Kier molecular flexibility index (Phi) is 5.19. The van der Waals surface area contributed by atoms with Crippen LogP contribution < -0.4 is 15.1 Å². The van der Waals surface area contributed by atoms with Crippen LogP contribution >= 0.6 is 0 Å². The first-order valence-electron chi connectivity index (χ1n) is 6.80. The Labute approximate surface area is 129 Å². The first kappa shape index (κ1) is 15.6. The number of hydrogen-bond donors (Lipinski definition) is 1. The summed E-state index contributed by atoms with van der Waals surface area (Å²) in [6.07, 6.45) is 1.72. The molecule has 0 unspecified atom stereocenters. The van der Waals surface area contributed by atoms with Crippen LogP contribution in [-0.2, 0) is 11.2 Å². The summed E-state index contributed by atoms with van der Waals surface area (Å²) in [4.78, 5) is 13.6. The van der Waals surface area contributed by atoms with E-state index in [-0.39, 0.29) is 12.3 Å². The van der Waals surface area contributed by atoms with Gasteiger partial charge in [-0.1, -0.05) is 12.1 Å². The Bertz CT molecular complexity index is 645. The molecule has 1 N–H and O–H groups in total. The minimum atomic E-state index is -0.194. The summed E-state index contributed by atoms with van der Waals surface area (Å²) in [7, 11) is 5.37. The lowest BCUT2D eigenvalue weighted by atomic mass is 10.1. The zero-order chi connectivity index (χ0) is 15.9. The number of nitrogens with zero attached hydrogens (tertiary/aromatic N) is 2. The van der Waals surface area contributed by atoms with Gasteiger partial charge in [-0.3, -0.25) is 4.79 Å². The fourth-order valence-corrected chi connectivity index (χ4v) is 1.79. The zero-order valence-electron chi connectivity index (χ0n) is 12.9. The third-order valence-corrected chi connectivity index (χ3v) is 2.96. The first-order chi connectivity index (χ1) is 10.6. The molecule has 0 bridgehead atoms. The van der Waals surface area contributed by atoms with Crippen molar-refractivity contribution < 1.29 is 13.9 Å². The van der Waals surface area contributed by atoms with Crippen LogP contribution in [0.25, 0.3) is 0 Å². The Morgan fingerprint density at radius 1 is 1.27 bits per heavy atom. The third-order valence-electron chi connectivity index (χ3n) is 2.96. The predicted octanol–water partition coefficient (Wildman–Crippen LogP) is 2.05. The first-order valence-corrected chi connectivity index (χ1v) is 6.80. The predicted molar refractivity (Wildman–Crippen MR) is 85.5 cm³/mol. The number of methoxy groups -OCH3 is 1. The Morgan fingerprint density at radius 2 is 2.00 bits per heavy atom. The highest BCUT2D eigenvalue weighted by atomic mass is 16.5. The summed E-state index contributed by atoms with van der Waals surface area (Å²) in [5.41, 5.74) is 3.36. The quantitative estimate of drug-likeness (QED) is 0.655. The number of rotatable bonds is 6. The van der Waals surface area contributed by atoms with E-state index in [1.807, 2.05) is 49.3 Å². The summed E-state index contributed by atoms with van der Waals surface area (Å²) < 4.78 is 10.6. The molecule has 2 rings (SSSR count). The highest BCUT2D eigenvalue weighted by molar-refractivity contribution is 5.82. The van der Waals surface area contributed by atoms with Crippen LogP contribution in [0.5, 0.6) is 5.75 Å². The molecule has 0 aliphatic rings. The van der Waals surface area contributed by atoms with Crippen molar-refractivity contribution in [2.45, 2.75) is 6.42 Å². The second-order valence-electron chi connectivity index (χ2n) is 4.89. The Hall–Kier alpha value is -2.76. The van der Waals surface area contributed by atoms with Gasteiger partial charge in [-0.15, -0.1) is 0 Å². The molecule has 1 amide bonds. The molecule has 22 heavy (non-hydrogen) atoms. The van der Waals surface area contributed by atoms with Gasteiger partial charge in [-0.2, -0.15) is 5.10 Å². The lowest BCUT2D eigenvalue weighted by Crippen LogP contribution is -2.19. The minimum Gasteiger partial charge on any atom is -0.497 e. The number of benzene rings is 1. The van der Waals surface area contributed by atoms with Crippen molar-refractivity contribution in [1.82, 2.24) is 5.43 Å². The van der Waals surface area contributed by atoms with Crippen LogP contribution in [0.2, 0.25) is 0 Å². The van der Waals surface area contributed by atoms with Gasteiger partial charge in [0, 0.05) is 20.2 Å². The number of ether oxygens (including phenoxy) is 1. The van der Waals surface area contributed by atoms with Gasteiger partial charge in [0.2, 0.25) is 5.91 Å². The second-order valence-corrected chi connectivity index (χ2v) is 4.89. The molecule has 0 radical (unpaired) electrons. The maximum absolute atomic E-state index is 11.8. The largest absolute Gasteiger partial charge is 0.497 e. The number of anilines is 1. The van der Waals surface area contributed by atoms with Crippen LogP contribution in [0.4, 0.5) is 5.88 Å². The topological polar surface area (TPSA) is 67.1 Å². The van der Waals surface area contributed by atoms with Gasteiger partial charge in [0.25, 0.3) is 0 Å². The van der Waals surface area contributed by atoms with E-state index in [0.717, 1.165) is 17.2 Å². The van der Waals surface area contributed by atoms with Crippen LogP contribution in [0, 0.1) is 0 Å². The molecule has 116 valence electrons. The fraction of sp³-hybridized carbons (Fsp3) is 0.250. The van der Waals surface area contributed by atoms with Crippen molar-refractivity contribution in [1.29, 1.82) is 0 Å². The molecule has 1 aromatic heterocycles.